The molecule has 1 aliphatic heterocycles. The van der Waals surface area contributed by atoms with E-state index in [4.69, 9.17) is 0 Å². The fourth-order valence-corrected chi connectivity index (χ4v) is 5.36. The zero-order valence-electron chi connectivity index (χ0n) is 16.3. The van der Waals surface area contributed by atoms with E-state index in [1.165, 1.54) is 27.8 Å². The number of nitrogens with one attached hydrogen (secondary N) is 1. The molecule has 1 fully saturated rings. The van der Waals surface area contributed by atoms with Crippen molar-refractivity contribution in [2.24, 2.45) is 5.10 Å². The van der Waals surface area contributed by atoms with Crippen LogP contribution < -0.4 is 5.43 Å². The Bertz CT molecular complexity index is 1200. The lowest BCUT2D eigenvalue weighted by atomic mass is 10.2. The van der Waals surface area contributed by atoms with Crippen molar-refractivity contribution < 1.29 is 13.3 Å². The molecule has 9 nitrogen and oxygen atoms in total. The number of nitrogens with zero attached hydrogens (tertiary/aromatic N) is 4. The number of thiazole rings is 1. The molecule has 160 valence electrons. The summed E-state index contributed by atoms with van der Waals surface area (Å²) in [5, 5.41) is 17.2. The van der Waals surface area contributed by atoms with Gasteiger partial charge < -0.3 is 0 Å². The molecule has 0 spiro atoms. The topological polar surface area (TPSA) is 118 Å². The fourth-order valence-electron chi connectivity index (χ4n) is 3.18. The smallest absolute Gasteiger partial charge is 0.258 e. The summed E-state index contributed by atoms with van der Waals surface area (Å²) in [5.74, 6) is 0. The third-order valence-corrected chi connectivity index (χ3v) is 7.49. The average Bonchev–Trinajstić information content (AvgIpc) is 3.47. The summed E-state index contributed by atoms with van der Waals surface area (Å²) in [4.78, 5) is 15.0. The van der Waals surface area contributed by atoms with E-state index in [-0.39, 0.29) is 5.69 Å². The summed E-state index contributed by atoms with van der Waals surface area (Å²) >= 11 is 1.36. The summed E-state index contributed by atoms with van der Waals surface area (Å²) in [5.41, 5.74) is 5.09. The first-order valence-corrected chi connectivity index (χ1v) is 11.8. The number of aromatic nitrogens is 1. The predicted octanol–water partition coefficient (Wildman–Crippen LogP) is 3.95. The van der Waals surface area contributed by atoms with Gasteiger partial charge in [-0.25, -0.2) is 13.4 Å². The number of nitro benzene ring substituents is 1. The summed E-state index contributed by atoms with van der Waals surface area (Å²) < 4.78 is 26.8. The van der Waals surface area contributed by atoms with Crippen molar-refractivity contribution in [1.29, 1.82) is 0 Å². The molecule has 2 aromatic carbocycles. The zero-order chi connectivity index (χ0) is 21.8. The van der Waals surface area contributed by atoms with E-state index in [1.807, 2.05) is 5.38 Å². The van der Waals surface area contributed by atoms with Crippen molar-refractivity contribution in [3.8, 4) is 11.3 Å². The minimum Gasteiger partial charge on any atom is -0.258 e. The third-order valence-electron chi connectivity index (χ3n) is 4.83. The fraction of sp³-hybridized carbons (Fsp3) is 0.200. The highest BCUT2D eigenvalue weighted by Gasteiger charge is 2.27. The first-order chi connectivity index (χ1) is 14.9. The number of hydrazone groups is 1. The summed E-state index contributed by atoms with van der Waals surface area (Å²) in [6.45, 7) is 1.15. The van der Waals surface area contributed by atoms with E-state index in [0.717, 1.165) is 18.4 Å². The highest BCUT2D eigenvalue weighted by atomic mass is 32.2. The number of sulfonamides is 1. The van der Waals surface area contributed by atoms with Crippen LogP contribution in [0, 0.1) is 10.1 Å². The quantitative estimate of drug-likeness (QED) is 0.326. The second kappa shape index (κ2) is 8.92. The van der Waals surface area contributed by atoms with Crippen molar-refractivity contribution >= 4 is 38.4 Å². The number of hydrogen-bond donors (Lipinski definition) is 1. The standard InChI is InChI=1S/C20H19N5O4S2/c26-25(27)17-7-3-15(4-8-17)13-21-23-20-22-19(14-30-20)16-5-9-18(10-6-16)31(28,29)24-11-1-2-12-24/h3-10,13-14H,1-2,11-12H2,(H,22,23)/b21-13+. The van der Waals surface area contributed by atoms with Gasteiger partial charge in [0.25, 0.3) is 5.69 Å². The highest BCUT2D eigenvalue weighted by molar-refractivity contribution is 7.89. The van der Waals surface area contributed by atoms with Crippen molar-refractivity contribution in [1.82, 2.24) is 9.29 Å². The number of nitro groups is 1. The minimum atomic E-state index is -3.43. The maximum atomic E-state index is 12.6. The van der Waals surface area contributed by atoms with Crippen LogP contribution in [-0.4, -0.2) is 41.9 Å². The molecule has 1 aliphatic rings. The molecule has 1 N–H and O–H groups in total. The van der Waals surface area contributed by atoms with Crippen LogP contribution >= 0.6 is 11.3 Å². The molecule has 0 saturated carbocycles. The molecule has 0 atom stereocenters. The first kappa shape index (κ1) is 21.1. The molecule has 0 unspecified atom stereocenters. The molecule has 31 heavy (non-hydrogen) atoms. The molecular formula is C20H19N5O4S2. The lowest BCUT2D eigenvalue weighted by Crippen LogP contribution is -2.27. The molecular weight excluding hydrogens is 438 g/mol. The van der Waals surface area contributed by atoms with Crippen LogP contribution in [0.15, 0.2) is 63.9 Å². The Morgan fingerprint density at radius 3 is 2.42 bits per heavy atom. The van der Waals surface area contributed by atoms with E-state index in [0.29, 0.717) is 34.4 Å². The van der Waals surface area contributed by atoms with Crippen LogP contribution in [0.2, 0.25) is 0 Å². The van der Waals surface area contributed by atoms with E-state index < -0.39 is 14.9 Å². The lowest BCUT2D eigenvalue weighted by molar-refractivity contribution is -0.384. The Balaban J connectivity index is 1.41. The maximum Gasteiger partial charge on any atom is 0.269 e. The summed E-state index contributed by atoms with van der Waals surface area (Å²) in [6.07, 6.45) is 3.35. The molecule has 0 bridgehead atoms. The second-order valence-corrected chi connectivity index (χ2v) is 9.69. The summed E-state index contributed by atoms with van der Waals surface area (Å²) in [6, 6.07) is 12.8. The lowest BCUT2D eigenvalue weighted by Gasteiger charge is -2.15. The Morgan fingerprint density at radius 1 is 1.10 bits per heavy atom. The van der Waals surface area contributed by atoms with Gasteiger partial charge in [-0.3, -0.25) is 15.5 Å². The first-order valence-electron chi connectivity index (χ1n) is 9.53. The molecule has 0 radical (unpaired) electrons. The van der Waals surface area contributed by atoms with E-state index in [9.17, 15) is 18.5 Å². The van der Waals surface area contributed by atoms with Crippen LogP contribution in [0.4, 0.5) is 10.8 Å². The SMILES string of the molecule is O=[N+]([O-])c1ccc(/C=N/Nc2nc(-c3ccc(S(=O)(=O)N4CCCC4)cc3)cs2)cc1. The molecule has 0 amide bonds. The monoisotopic (exact) mass is 457 g/mol. The highest BCUT2D eigenvalue weighted by Crippen LogP contribution is 2.27. The zero-order valence-corrected chi connectivity index (χ0v) is 18.0. The van der Waals surface area contributed by atoms with Crippen LogP contribution in [0.1, 0.15) is 18.4 Å². The Morgan fingerprint density at radius 2 is 1.77 bits per heavy atom. The van der Waals surface area contributed by atoms with Gasteiger partial charge in [0, 0.05) is 36.2 Å². The molecule has 0 aliphatic carbocycles. The molecule has 1 saturated heterocycles. The van der Waals surface area contributed by atoms with Gasteiger partial charge in [0.15, 0.2) is 0 Å². The van der Waals surface area contributed by atoms with Crippen molar-refractivity contribution in [3.63, 3.8) is 0 Å². The maximum absolute atomic E-state index is 12.6. The van der Waals surface area contributed by atoms with Crippen molar-refractivity contribution in [3.05, 3.63) is 69.6 Å². The van der Waals surface area contributed by atoms with Gasteiger partial charge in [0.2, 0.25) is 15.2 Å². The van der Waals surface area contributed by atoms with Gasteiger partial charge in [-0.15, -0.1) is 11.3 Å². The third kappa shape index (κ3) is 4.79. The number of benzene rings is 2. The van der Waals surface area contributed by atoms with Gasteiger partial charge in [-0.2, -0.15) is 9.41 Å². The van der Waals surface area contributed by atoms with Crippen LogP contribution in [0.3, 0.4) is 0 Å². The molecule has 2 heterocycles. The van der Waals surface area contributed by atoms with Crippen LogP contribution in [0.5, 0.6) is 0 Å². The average molecular weight is 458 g/mol. The molecule has 1 aromatic heterocycles. The van der Waals surface area contributed by atoms with Gasteiger partial charge >= 0.3 is 0 Å². The van der Waals surface area contributed by atoms with Gasteiger partial charge in [-0.1, -0.05) is 12.1 Å². The van der Waals surface area contributed by atoms with Crippen molar-refractivity contribution in [2.75, 3.05) is 18.5 Å². The van der Waals surface area contributed by atoms with E-state index >= 15 is 0 Å². The number of anilines is 1. The van der Waals surface area contributed by atoms with E-state index in [1.54, 1.807) is 42.6 Å². The normalized spacial score (nSPS) is 14.8. The van der Waals surface area contributed by atoms with Gasteiger partial charge in [0.1, 0.15) is 0 Å². The molecule has 4 rings (SSSR count). The van der Waals surface area contributed by atoms with Crippen LogP contribution in [0.25, 0.3) is 11.3 Å². The van der Waals surface area contributed by atoms with Gasteiger partial charge in [0.05, 0.1) is 21.7 Å². The molecule has 11 heteroatoms. The Labute approximate surface area is 183 Å². The van der Waals surface area contributed by atoms with Crippen molar-refractivity contribution in [2.45, 2.75) is 17.7 Å². The van der Waals surface area contributed by atoms with E-state index in [2.05, 4.69) is 15.5 Å². The van der Waals surface area contributed by atoms with Gasteiger partial charge in [-0.05, 0) is 42.7 Å². The number of non-ortho nitro benzene ring substituents is 1. The number of hydrogen-bond acceptors (Lipinski definition) is 8. The minimum absolute atomic E-state index is 0.0222. The number of rotatable bonds is 7. The Hall–Kier alpha value is -3.15. The Kier molecular flexibility index (Phi) is 6.07. The predicted molar refractivity (Wildman–Crippen MR) is 120 cm³/mol. The molecule has 3 aromatic rings. The van der Waals surface area contributed by atoms with Crippen LogP contribution in [-0.2, 0) is 10.0 Å². The second-order valence-electron chi connectivity index (χ2n) is 6.89. The largest absolute Gasteiger partial charge is 0.269 e. The summed E-state index contributed by atoms with van der Waals surface area (Å²) in [7, 11) is -3.43.